The second-order valence-electron chi connectivity index (χ2n) is 15.0. The first-order valence-electron chi connectivity index (χ1n) is 15.9. The normalized spacial score (nSPS) is 43.2. The van der Waals surface area contributed by atoms with E-state index < -0.39 is 87.6 Å². The molecule has 0 spiro atoms. The van der Waals surface area contributed by atoms with Crippen LogP contribution in [0.4, 0.5) is 0 Å². The Morgan fingerprint density at radius 3 is 1.88 bits per heavy atom. The second kappa shape index (κ2) is 16.9. The van der Waals surface area contributed by atoms with Gasteiger partial charge >= 0.3 is 59.1 Å². The maximum Gasteiger partial charge on any atom is 1.00 e. The van der Waals surface area contributed by atoms with Crippen LogP contribution in [0.15, 0.2) is 30.3 Å². The molecule has 3 rings (SSSR count). The molecule has 16 nitrogen and oxygen atoms in total. The van der Waals surface area contributed by atoms with Gasteiger partial charge in [0, 0.05) is 6.92 Å². The van der Waals surface area contributed by atoms with Gasteiger partial charge in [-0.1, -0.05) is 37.3 Å². The number of carboxylic acids is 1. The first-order valence-corrected chi connectivity index (χ1v) is 16.6. The van der Waals surface area contributed by atoms with Gasteiger partial charge in [0.1, 0.15) is 44.7 Å². The Hall–Kier alpha value is 0.0300. The van der Waals surface area contributed by atoms with E-state index in [1.165, 1.54) is 34.6 Å². The average molecular weight is 780 g/mol. The fraction of sp³-hybridized carbons (Fsp3) is 0.758. The van der Waals surface area contributed by atoms with Crippen molar-refractivity contribution in [3.8, 4) is 0 Å². The molecule has 1 amide bonds. The summed E-state index contributed by atoms with van der Waals surface area (Å²) in [4.78, 5) is 25.4. The number of carbonyl (C=O) groups is 2. The predicted octanol–water partition coefficient (Wildman–Crippen LogP) is -6.26. The molecule has 0 radical (unpaired) electrons. The van der Waals surface area contributed by atoms with Gasteiger partial charge in [0.05, 0.1) is 37.8 Å². The number of carboxylic acid groups (broad SMARTS) is 1. The molecule has 1 aromatic carbocycles. The zero-order valence-electron chi connectivity index (χ0n) is 32.4. The van der Waals surface area contributed by atoms with Gasteiger partial charge in [0.15, 0.2) is 18.1 Å². The molecule has 52 heavy (non-hydrogen) atoms. The number of aliphatic carboxylic acids is 1. The molecular formula is C33H51NNa2O15S. The topological polar surface area (TPSA) is 238 Å². The largest absolute Gasteiger partial charge is 1.00 e. The Kier molecular flexibility index (Phi) is 16.2. The minimum absolute atomic E-state index is 0. The van der Waals surface area contributed by atoms with E-state index in [0.29, 0.717) is 0 Å². The van der Waals surface area contributed by atoms with Gasteiger partial charge in [-0.2, -0.15) is 0 Å². The molecular weight excluding hydrogens is 728 g/mol. The third-order valence-electron chi connectivity index (χ3n) is 12.3. The summed E-state index contributed by atoms with van der Waals surface area (Å²) in [5, 5.41) is 75.1. The van der Waals surface area contributed by atoms with Gasteiger partial charge < -0.3 is 59.8 Å². The fourth-order valence-electron chi connectivity index (χ4n) is 7.47. The van der Waals surface area contributed by atoms with Crippen LogP contribution in [0.5, 0.6) is 0 Å². The average Bonchev–Trinajstić information content (AvgIpc) is 3.02. The molecule has 2 aliphatic heterocycles. The van der Waals surface area contributed by atoms with Gasteiger partial charge in [0.25, 0.3) is 0 Å². The van der Waals surface area contributed by atoms with E-state index in [1.54, 1.807) is 20.8 Å². The molecule has 0 saturated carbocycles. The van der Waals surface area contributed by atoms with Gasteiger partial charge in [-0.25, -0.2) is 0 Å². The van der Waals surface area contributed by atoms with Crippen molar-refractivity contribution in [1.82, 2.24) is 5.32 Å². The van der Waals surface area contributed by atoms with E-state index in [2.05, 4.69) is 14.7 Å². The quantitative estimate of drug-likeness (QED) is 0.0388. The molecule has 286 valence electrons. The van der Waals surface area contributed by atoms with Crippen molar-refractivity contribution in [3.05, 3.63) is 35.9 Å². The van der Waals surface area contributed by atoms with Crippen LogP contribution in [0.1, 0.15) is 81.7 Å². The van der Waals surface area contributed by atoms with Crippen molar-refractivity contribution in [2.75, 3.05) is 19.8 Å². The van der Waals surface area contributed by atoms with E-state index in [9.17, 15) is 40.4 Å². The Morgan fingerprint density at radius 1 is 0.846 bits per heavy atom. The van der Waals surface area contributed by atoms with Crippen LogP contribution in [0, 0.1) is 5.41 Å². The van der Waals surface area contributed by atoms with Crippen LogP contribution in [0.2, 0.25) is 0 Å². The maximum absolute atomic E-state index is 13.0. The summed E-state index contributed by atoms with van der Waals surface area (Å²) in [6, 6.07) is 9.11. The number of benzene rings is 1. The van der Waals surface area contributed by atoms with E-state index in [4.69, 9.17) is 23.1 Å². The fourth-order valence-corrected chi connectivity index (χ4v) is 8.01. The Bertz CT molecular complexity index is 1410. The van der Waals surface area contributed by atoms with Gasteiger partial charge in [-0.15, -0.1) is 4.33 Å². The molecule has 0 aromatic heterocycles. The molecule has 4 unspecified atom stereocenters. The summed E-state index contributed by atoms with van der Waals surface area (Å²) >= 11 is 0.139. The molecule has 1 aromatic rings. The number of hydrogen-bond acceptors (Lipinski definition) is 16. The summed E-state index contributed by atoms with van der Waals surface area (Å²) in [5.74, 6) is -4.14. The Balaban J connectivity index is 0.00000676. The molecule has 19 heteroatoms. The summed E-state index contributed by atoms with van der Waals surface area (Å²) < 4.78 is 35.8. The van der Waals surface area contributed by atoms with Crippen LogP contribution in [-0.4, -0.2) is 103 Å². The van der Waals surface area contributed by atoms with Gasteiger partial charge in [-0.3, -0.25) is 14.0 Å². The standard InChI is InChI=1S/C33H53NO15S.2Na/c1-21(36)34-28(6)24(2,19-43-20-26(4)29(7,39)31(9,41)30(8,40)27(5,45-26)23(37)38)32(10,47-50-49-48-42)25(3,18-35)46-33(28,11)44-17-22-15-13-12-14-16-22;;/h12-16,35,39-42H,17-20H2,1-11H3,(H,34,36)(H,37,38);;/q;2*+1/p-2/t24-,25?,26?,27?,28-,29+,30+,31-,32-,33?;;/m0../s1. The first-order chi connectivity index (χ1) is 22.7. The Labute approximate surface area is 353 Å². The maximum atomic E-state index is 13.0. The van der Waals surface area contributed by atoms with Crippen molar-refractivity contribution in [2.45, 2.75) is 133 Å². The van der Waals surface area contributed by atoms with Crippen LogP contribution >= 0.6 is 12.3 Å². The number of nitrogens with one attached hydrogen (secondary N) is 1. The number of ether oxygens (including phenoxy) is 4. The Morgan fingerprint density at radius 2 is 1.40 bits per heavy atom. The summed E-state index contributed by atoms with van der Waals surface area (Å²) in [6.45, 7) is 12.9. The predicted molar refractivity (Wildman–Crippen MR) is 171 cm³/mol. The number of amides is 1. The molecule has 2 fully saturated rings. The smallest absolute Gasteiger partial charge is 0.691 e. The SMILES string of the molecule is CC(=O)N[C@]1(C)C(C)(OCc2ccccc2)OC(C)(CO)[C@@](C)(OSOO[O-])[C@@]1(C)COCC1(C)OC(C)(C(=O)[O-])[C@@](C)(O)[C@@](C)(O)[C@]1(C)O.[Na+].[Na+]. The van der Waals surface area contributed by atoms with E-state index in [0.717, 1.165) is 26.3 Å². The number of carbonyl (C=O) groups excluding carboxylic acids is 2. The van der Waals surface area contributed by atoms with Gasteiger partial charge in [0.2, 0.25) is 5.91 Å². The molecule has 2 heterocycles. The minimum atomic E-state index is -2.56. The monoisotopic (exact) mass is 779 g/mol. The molecule has 2 saturated heterocycles. The van der Waals surface area contributed by atoms with E-state index in [-0.39, 0.29) is 78.0 Å². The molecule has 2 aliphatic rings. The molecule has 0 bridgehead atoms. The van der Waals surface area contributed by atoms with Crippen molar-refractivity contribution >= 4 is 24.2 Å². The summed E-state index contributed by atoms with van der Waals surface area (Å²) in [5.41, 5.74) is -18.0. The minimum Gasteiger partial charge on any atom is -0.691 e. The number of rotatable bonds is 14. The van der Waals surface area contributed by atoms with Crippen LogP contribution in [0.3, 0.4) is 0 Å². The number of hydrogen-bond donors (Lipinski definition) is 5. The zero-order valence-corrected chi connectivity index (χ0v) is 37.2. The number of aliphatic hydroxyl groups is 4. The molecule has 5 N–H and O–H groups in total. The van der Waals surface area contributed by atoms with Gasteiger partial charge in [-0.05, 0) is 67.9 Å². The van der Waals surface area contributed by atoms with Crippen molar-refractivity contribution in [3.63, 3.8) is 0 Å². The van der Waals surface area contributed by atoms with Crippen LogP contribution < -0.4 is 74.8 Å². The third kappa shape index (κ3) is 7.57. The molecule has 0 aliphatic carbocycles. The third-order valence-corrected chi connectivity index (χ3v) is 12.8. The summed E-state index contributed by atoms with van der Waals surface area (Å²) in [6.07, 6.45) is 0. The second-order valence-corrected chi connectivity index (χ2v) is 15.5. The summed E-state index contributed by atoms with van der Waals surface area (Å²) in [7, 11) is 0. The van der Waals surface area contributed by atoms with Crippen LogP contribution in [-0.2, 0) is 48.7 Å². The van der Waals surface area contributed by atoms with Crippen molar-refractivity contribution in [2.24, 2.45) is 5.41 Å². The molecule has 10 atom stereocenters. The van der Waals surface area contributed by atoms with Crippen molar-refractivity contribution in [1.29, 1.82) is 0 Å². The van der Waals surface area contributed by atoms with E-state index in [1.807, 2.05) is 30.3 Å². The first kappa shape index (κ1) is 50.0. The van der Waals surface area contributed by atoms with Crippen molar-refractivity contribution < 1.29 is 132 Å². The number of aliphatic hydroxyl groups excluding tert-OH is 1. The van der Waals surface area contributed by atoms with E-state index >= 15 is 0 Å². The van der Waals surface area contributed by atoms with Crippen LogP contribution in [0.25, 0.3) is 0 Å². The zero-order chi connectivity index (χ0) is 38.5.